The van der Waals surface area contributed by atoms with Gasteiger partial charge in [0.1, 0.15) is 5.02 Å². The highest BCUT2D eigenvalue weighted by Gasteiger charge is 2.51. The Morgan fingerprint density at radius 2 is 2.11 bits per heavy atom. The fourth-order valence-corrected chi connectivity index (χ4v) is 5.51. The molecule has 37 heavy (non-hydrogen) atoms. The smallest absolute Gasteiger partial charge is 0.301 e. The van der Waals surface area contributed by atoms with Gasteiger partial charge in [-0.3, -0.25) is 4.79 Å². The highest BCUT2D eigenvalue weighted by molar-refractivity contribution is 6.32. The number of aromatic nitrogens is 3. The number of benzene rings is 1. The quantitative estimate of drug-likeness (QED) is 0.470. The van der Waals surface area contributed by atoms with Crippen molar-refractivity contribution >= 4 is 45.6 Å². The molecule has 3 aliphatic rings. The molecule has 2 N–H and O–H groups in total. The minimum absolute atomic E-state index is 0.0863. The number of hydrogen-bond acceptors (Lipinski definition) is 7. The molecule has 8 nitrogen and oxygen atoms in total. The monoisotopic (exact) mass is 530 g/mol. The molecule has 11 heteroatoms. The van der Waals surface area contributed by atoms with Crippen molar-refractivity contribution in [2.75, 3.05) is 35.2 Å². The second kappa shape index (κ2) is 9.01. The SMILES string of the molecule is CC[C@@H]1CCN(c2ncc(Cl)c(Nc3ccc4c(c3)c3c(c(=O)n4C)OCC(F)(F)[C@H](C4CC4)N3)n2)C1. The van der Waals surface area contributed by atoms with Gasteiger partial charge in [-0.1, -0.05) is 24.9 Å². The van der Waals surface area contributed by atoms with Gasteiger partial charge in [-0.15, -0.1) is 0 Å². The first-order chi connectivity index (χ1) is 17.7. The van der Waals surface area contributed by atoms with Crippen LogP contribution in [0.1, 0.15) is 32.6 Å². The molecule has 196 valence electrons. The number of nitrogens with one attached hydrogen (secondary N) is 2. The molecule has 1 saturated heterocycles. The molecule has 0 amide bonds. The van der Waals surface area contributed by atoms with E-state index in [9.17, 15) is 13.6 Å². The van der Waals surface area contributed by atoms with Crippen LogP contribution in [-0.2, 0) is 7.05 Å². The zero-order valence-corrected chi connectivity index (χ0v) is 21.5. The van der Waals surface area contributed by atoms with Crippen molar-refractivity contribution in [3.8, 4) is 5.75 Å². The van der Waals surface area contributed by atoms with Crippen LogP contribution in [0.15, 0.2) is 29.2 Å². The van der Waals surface area contributed by atoms with Crippen LogP contribution in [-0.4, -0.2) is 46.2 Å². The molecule has 2 fully saturated rings. The van der Waals surface area contributed by atoms with Crippen LogP contribution in [0.25, 0.3) is 10.9 Å². The van der Waals surface area contributed by atoms with Gasteiger partial charge in [0.05, 0.1) is 23.4 Å². The second-order valence-corrected chi connectivity index (χ2v) is 10.7. The first-order valence-corrected chi connectivity index (χ1v) is 13.1. The van der Waals surface area contributed by atoms with E-state index in [0.29, 0.717) is 45.0 Å². The van der Waals surface area contributed by atoms with Gasteiger partial charge in [0, 0.05) is 31.2 Å². The summed E-state index contributed by atoms with van der Waals surface area (Å²) < 4.78 is 36.7. The van der Waals surface area contributed by atoms with E-state index >= 15 is 0 Å². The summed E-state index contributed by atoms with van der Waals surface area (Å²) in [6.45, 7) is 3.16. The van der Waals surface area contributed by atoms with Crippen LogP contribution >= 0.6 is 11.6 Å². The number of anilines is 4. The summed E-state index contributed by atoms with van der Waals surface area (Å²) >= 11 is 6.44. The van der Waals surface area contributed by atoms with Crippen molar-refractivity contribution in [3.63, 3.8) is 0 Å². The zero-order valence-electron chi connectivity index (χ0n) is 20.7. The van der Waals surface area contributed by atoms with E-state index in [1.165, 1.54) is 4.57 Å². The molecule has 6 rings (SSSR count). The van der Waals surface area contributed by atoms with Crippen molar-refractivity contribution in [2.45, 2.75) is 44.6 Å². The Morgan fingerprint density at radius 1 is 1.30 bits per heavy atom. The van der Waals surface area contributed by atoms with Gasteiger partial charge in [-0.25, -0.2) is 13.8 Å². The molecule has 3 aromatic rings. The number of nitrogens with zero attached hydrogens (tertiary/aromatic N) is 4. The molecule has 4 heterocycles. The lowest BCUT2D eigenvalue weighted by Crippen LogP contribution is -2.44. The van der Waals surface area contributed by atoms with E-state index in [2.05, 4.69) is 32.4 Å². The van der Waals surface area contributed by atoms with E-state index in [0.717, 1.165) is 38.8 Å². The van der Waals surface area contributed by atoms with Crippen molar-refractivity contribution < 1.29 is 13.5 Å². The lowest BCUT2D eigenvalue weighted by molar-refractivity contribution is -0.0579. The van der Waals surface area contributed by atoms with Gasteiger partial charge in [0.15, 0.2) is 12.4 Å². The standard InChI is InChI=1S/C26H29ClF2N6O2/c1-3-14-8-9-35(12-14)25-30-11-18(27)23(33-25)31-16-6-7-19-17(10-16)20-21(24(36)34(19)2)37-13-26(28,29)22(32-20)15-4-5-15/h6-7,10-11,14-15,22,32H,3-5,8-9,12-13H2,1-2H3,(H,30,31,33)/t14-,22+/m1/s1. The van der Waals surface area contributed by atoms with E-state index in [1.807, 2.05) is 0 Å². The highest BCUT2D eigenvalue weighted by Crippen LogP contribution is 2.45. The van der Waals surface area contributed by atoms with Gasteiger partial charge in [0.25, 0.3) is 5.56 Å². The first-order valence-electron chi connectivity index (χ1n) is 12.7. The van der Waals surface area contributed by atoms with Crippen LogP contribution < -0.4 is 25.8 Å². The Bertz CT molecular complexity index is 1430. The summed E-state index contributed by atoms with van der Waals surface area (Å²) in [7, 11) is 1.61. The van der Waals surface area contributed by atoms with Crippen molar-refractivity contribution in [1.82, 2.24) is 14.5 Å². The minimum Gasteiger partial charge on any atom is -0.480 e. The Hall–Kier alpha value is -3.14. The summed E-state index contributed by atoms with van der Waals surface area (Å²) in [5.74, 6) is -1.64. The third-order valence-corrected chi connectivity index (χ3v) is 8.03. The van der Waals surface area contributed by atoms with E-state index < -0.39 is 24.1 Å². The molecular formula is C26H29ClF2N6O2. The summed E-state index contributed by atoms with van der Waals surface area (Å²) in [5.41, 5.74) is 1.09. The zero-order chi connectivity index (χ0) is 25.9. The summed E-state index contributed by atoms with van der Waals surface area (Å²) in [5, 5.41) is 7.23. The highest BCUT2D eigenvalue weighted by atomic mass is 35.5. The van der Waals surface area contributed by atoms with Crippen molar-refractivity contribution in [2.24, 2.45) is 18.9 Å². The van der Waals surface area contributed by atoms with Crippen molar-refractivity contribution in [3.05, 3.63) is 39.8 Å². The fraction of sp³-hybridized carbons (Fsp3) is 0.500. The first kappa shape index (κ1) is 24.2. The normalized spacial score (nSPS) is 22.8. The molecule has 1 aliphatic carbocycles. The van der Waals surface area contributed by atoms with Crippen LogP contribution in [0, 0.1) is 11.8 Å². The van der Waals surface area contributed by atoms with Crippen molar-refractivity contribution in [1.29, 1.82) is 0 Å². The van der Waals surface area contributed by atoms with Crippen LogP contribution in [0.5, 0.6) is 5.75 Å². The van der Waals surface area contributed by atoms with Crippen LogP contribution in [0.4, 0.5) is 31.9 Å². The maximum absolute atomic E-state index is 14.9. The number of ether oxygens (including phenoxy) is 1. The van der Waals surface area contributed by atoms with Gasteiger partial charge >= 0.3 is 5.92 Å². The maximum atomic E-state index is 14.9. The van der Waals surface area contributed by atoms with E-state index in [4.69, 9.17) is 16.3 Å². The number of halogens is 3. The average molecular weight is 531 g/mol. The minimum atomic E-state index is -3.09. The molecule has 0 bridgehead atoms. The van der Waals surface area contributed by atoms with Crippen LogP contribution in [0.2, 0.25) is 5.02 Å². The van der Waals surface area contributed by atoms with Crippen LogP contribution in [0.3, 0.4) is 0 Å². The lowest BCUT2D eigenvalue weighted by atomic mass is 10.0. The predicted molar refractivity (Wildman–Crippen MR) is 141 cm³/mol. The van der Waals surface area contributed by atoms with Gasteiger partial charge in [-0.05, 0) is 49.3 Å². The Kier molecular flexibility index (Phi) is 5.89. The third kappa shape index (κ3) is 4.35. The van der Waals surface area contributed by atoms with Gasteiger partial charge in [-0.2, -0.15) is 4.98 Å². The molecule has 2 aromatic heterocycles. The van der Waals surface area contributed by atoms with E-state index in [-0.39, 0.29) is 11.7 Å². The number of rotatable bonds is 5. The maximum Gasteiger partial charge on any atom is 0.301 e. The third-order valence-electron chi connectivity index (χ3n) is 7.75. The fourth-order valence-electron chi connectivity index (χ4n) is 5.37. The molecule has 0 spiro atoms. The molecule has 0 radical (unpaired) electrons. The molecule has 0 unspecified atom stereocenters. The topological polar surface area (TPSA) is 84.3 Å². The predicted octanol–water partition coefficient (Wildman–Crippen LogP) is 5.18. The Balaban J connectivity index is 1.38. The Labute approximate surface area is 218 Å². The largest absolute Gasteiger partial charge is 0.480 e. The number of pyridine rings is 1. The number of hydrogen-bond donors (Lipinski definition) is 2. The molecule has 1 aromatic carbocycles. The average Bonchev–Trinajstić information content (AvgIpc) is 3.62. The van der Waals surface area contributed by atoms with Gasteiger partial charge < -0.3 is 24.8 Å². The molecule has 2 atom stereocenters. The molecular weight excluding hydrogens is 502 g/mol. The second-order valence-electron chi connectivity index (χ2n) is 10.3. The Morgan fingerprint density at radius 3 is 2.84 bits per heavy atom. The number of aryl methyl sites for hydroxylation is 1. The summed E-state index contributed by atoms with van der Waals surface area (Å²) in [4.78, 5) is 24.3. The van der Waals surface area contributed by atoms with E-state index in [1.54, 1.807) is 31.4 Å². The summed E-state index contributed by atoms with van der Waals surface area (Å²) in [6, 6.07) is 4.29. The van der Waals surface area contributed by atoms with Gasteiger partial charge in [0.2, 0.25) is 11.7 Å². The lowest BCUT2D eigenvalue weighted by Gasteiger charge is -2.25. The number of alkyl halides is 2. The summed E-state index contributed by atoms with van der Waals surface area (Å²) in [6.07, 6.45) is 5.26. The molecule has 1 saturated carbocycles. The molecule has 2 aliphatic heterocycles. The number of fused-ring (bicyclic) bond motifs is 3.